The van der Waals surface area contributed by atoms with Crippen molar-refractivity contribution in [1.82, 2.24) is 9.78 Å². The lowest BCUT2D eigenvalue weighted by molar-refractivity contribution is -0.118. The Morgan fingerprint density at radius 2 is 2.09 bits per heavy atom. The van der Waals surface area contributed by atoms with Crippen LogP contribution in [0.15, 0.2) is 36.5 Å². The molecule has 0 aliphatic heterocycles. The lowest BCUT2D eigenvalue weighted by Crippen LogP contribution is -2.23. The van der Waals surface area contributed by atoms with E-state index < -0.39 is 0 Å². The summed E-state index contributed by atoms with van der Waals surface area (Å²) in [6.07, 6.45) is 6.45. The summed E-state index contributed by atoms with van der Waals surface area (Å²) in [5.41, 5.74) is 1.02. The van der Waals surface area contributed by atoms with Crippen molar-refractivity contribution in [3.63, 3.8) is 0 Å². The largest absolute Gasteiger partial charge is 0.483 e. The van der Waals surface area contributed by atoms with Gasteiger partial charge < -0.3 is 10.1 Å². The molecule has 22 heavy (non-hydrogen) atoms. The Morgan fingerprint density at radius 3 is 2.86 bits per heavy atom. The van der Waals surface area contributed by atoms with Gasteiger partial charge in [-0.15, -0.1) is 0 Å². The first-order chi connectivity index (χ1) is 10.7. The molecule has 0 spiro atoms. The molecule has 116 valence electrons. The monoisotopic (exact) mass is 299 g/mol. The summed E-state index contributed by atoms with van der Waals surface area (Å²) in [6, 6.07) is 9.91. The van der Waals surface area contributed by atoms with E-state index in [0.29, 0.717) is 6.04 Å². The van der Waals surface area contributed by atoms with E-state index in [9.17, 15) is 4.79 Å². The van der Waals surface area contributed by atoms with Crippen LogP contribution >= 0.6 is 0 Å². The van der Waals surface area contributed by atoms with Crippen molar-refractivity contribution >= 4 is 11.7 Å². The van der Waals surface area contributed by atoms with Gasteiger partial charge in [0.15, 0.2) is 6.61 Å². The predicted molar refractivity (Wildman–Crippen MR) is 85.0 cm³/mol. The number of anilines is 1. The summed E-state index contributed by atoms with van der Waals surface area (Å²) >= 11 is 0. The molecule has 5 heteroatoms. The highest BCUT2D eigenvalue weighted by atomic mass is 16.5. The summed E-state index contributed by atoms with van der Waals surface area (Å²) in [5, 5.41) is 7.24. The second-order valence-electron chi connectivity index (χ2n) is 5.70. The zero-order chi connectivity index (χ0) is 15.4. The quantitative estimate of drug-likeness (QED) is 0.921. The van der Waals surface area contributed by atoms with Gasteiger partial charge in [0, 0.05) is 6.07 Å². The minimum atomic E-state index is -0.164. The summed E-state index contributed by atoms with van der Waals surface area (Å²) in [6.45, 7) is 1.96. The second kappa shape index (κ2) is 6.64. The Hall–Kier alpha value is -2.30. The summed E-state index contributed by atoms with van der Waals surface area (Å²) in [5.74, 6) is 1.33. The lowest BCUT2D eigenvalue weighted by atomic mass is 10.2. The minimum Gasteiger partial charge on any atom is -0.483 e. The number of hydrogen-bond donors (Lipinski definition) is 1. The average Bonchev–Trinajstić information content (AvgIpc) is 3.17. The third-order valence-electron chi connectivity index (χ3n) is 4.06. The van der Waals surface area contributed by atoms with E-state index in [4.69, 9.17) is 4.74 Å². The highest BCUT2D eigenvalue weighted by Gasteiger charge is 2.20. The molecular formula is C17H21N3O2. The molecule has 1 N–H and O–H groups in total. The summed E-state index contributed by atoms with van der Waals surface area (Å²) in [4.78, 5) is 12.1. The molecule has 1 aliphatic rings. The van der Waals surface area contributed by atoms with E-state index in [1.807, 2.05) is 41.9 Å². The van der Waals surface area contributed by atoms with Crippen LogP contribution in [0.3, 0.4) is 0 Å². The van der Waals surface area contributed by atoms with Gasteiger partial charge in [-0.05, 0) is 31.4 Å². The van der Waals surface area contributed by atoms with Crippen LogP contribution < -0.4 is 10.1 Å². The molecule has 0 saturated heterocycles. The van der Waals surface area contributed by atoms with E-state index >= 15 is 0 Å². The van der Waals surface area contributed by atoms with Crippen LogP contribution in [0.5, 0.6) is 5.75 Å². The molecule has 1 heterocycles. The Labute approximate surface area is 130 Å². The molecule has 1 saturated carbocycles. The number of aromatic nitrogens is 2. The van der Waals surface area contributed by atoms with Crippen LogP contribution in [0.2, 0.25) is 0 Å². The topological polar surface area (TPSA) is 56.1 Å². The predicted octanol–water partition coefficient (Wildman–Crippen LogP) is 3.32. The van der Waals surface area contributed by atoms with Gasteiger partial charge in [0.1, 0.15) is 11.6 Å². The van der Waals surface area contributed by atoms with Crippen LogP contribution in [-0.2, 0) is 4.79 Å². The standard InChI is InChI=1S/C17H21N3O2/c1-13-6-2-5-9-15(13)22-12-17(21)19-16-10-11-18-20(16)14-7-3-4-8-14/h2,5-6,9-11,14H,3-4,7-8,12H2,1H3,(H,19,21). The fraction of sp³-hybridized carbons (Fsp3) is 0.412. The number of aryl methyl sites for hydroxylation is 1. The van der Waals surface area contributed by atoms with E-state index in [1.165, 1.54) is 12.8 Å². The van der Waals surface area contributed by atoms with Gasteiger partial charge in [0.2, 0.25) is 0 Å². The van der Waals surface area contributed by atoms with Crippen molar-refractivity contribution in [2.75, 3.05) is 11.9 Å². The molecule has 3 rings (SSSR count). The minimum absolute atomic E-state index is 0.000694. The number of benzene rings is 1. The van der Waals surface area contributed by atoms with E-state index in [-0.39, 0.29) is 12.5 Å². The Kier molecular flexibility index (Phi) is 4.42. The van der Waals surface area contributed by atoms with E-state index in [0.717, 1.165) is 30.0 Å². The van der Waals surface area contributed by atoms with E-state index in [2.05, 4.69) is 10.4 Å². The SMILES string of the molecule is Cc1ccccc1OCC(=O)Nc1ccnn1C1CCCC1. The van der Waals surface area contributed by atoms with E-state index in [1.54, 1.807) is 6.20 Å². The van der Waals surface area contributed by atoms with Crippen molar-refractivity contribution < 1.29 is 9.53 Å². The van der Waals surface area contributed by atoms with Crippen LogP contribution in [0, 0.1) is 6.92 Å². The summed E-state index contributed by atoms with van der Waals surface area (Å²) < 4.78 is 7.50. The van der Waals surface area contributed by atoms with Crippen molar-refractivity contribution in [3.8, 4) is 5.75 Å². The van der Waals surface area contributed by atoms with Crippen molar-refractivity contribution in [2.45, 2.75) is 38.6 Å². The highest BCUT2D eigenvalue weighted by molar-refractivity contribution is 5.91. The van der Waals surface area contributed by atoms with Gasteiger partial charge in [0.25, 0.3) is 5.91 Å². The smallest absolute Gasteiger partial charge is 0.263 e. The first-order valence-corrected chi connectivity index (χ1v) is 7.76. The van der Waals surface area contributed by atoms with Crippen molar-refractivity contribution in [2.24, 2.45) is 0 Å². The zero-order valence-electron chi connectivity index (χ0n) is 12.8. The number of ether oxygens (including phenoxy) is 1. The maximum atomic E-state index is 12.1. The molecule has 1 aromatic heterocycles. The molecule has 0 atom stereocenters. The lowest BCUT2D eigenvalue weighted by Gasteiger charge is -2.15. The number of para-hydroxylation sites is 1. The first kappa shape index (κ1) is 14.6. The Balaban J connectivity index is 1.58. The van der Waals surface area contributed by atoms with Gasteiger partial charge in [-0.3, -0.25) is 4.79 Å². The molecule has 1 amide bonds. The molecule has 0 unspecified atom stereocenters. The molecule has 2 aromatic rings. The maximum Gasteiger partial charge on any atom is 0.263 e. The fourth-order valence-electron chi connectivity index (χ4n) is 2.89. The van der Waals surface area contributed by atoms with Gasteiger partial charge in [-0.25, -0.2) is 4.68 Å². The number of hydrogen-bond acceptors (Lipinski definition) is 3. The number of nitrogens with one attached hydrogen (secondary N) is 1. The number of nitrogens with zero attached hydrogens (tertiary/aromatic N) is 2. The van der Waals surface area contributed by atoms with Crippen molar-refractivity contribution in [3.05, 3.63) is 42.1 Å². The zero-order valence-corrected chi connectivity index (χ0v) is 12.8. The van der Waals surface area contributed by atoms with Crippen LogP contribution in [0.4, 0.5) is 5.82 Å². The van der Waals surface area contributed by atoms with Crippen LogP contribution in [0.25, 0.3) is 0 Å². The molecule has 1 aromatic carbocycles. The van der Waals surface area contributed by atoms with Crippen LogP contribution in [-0.4, -0.2) is 22.3 Å². The fourth-order valence-corrected chi connectivity index (χ4v) is 2.89. The third-order valence-corrected chi connectivity index (χ3v) is 4.06. The van der Waals surface area contributed by atoms with Crippen LogP contribution in [0.1, 0.15) is 37.3 Å². The van der Waals surface area contributed by atoms with Gasteiger partial charge in [0.05, 0.1) is 12.2 Å². The number of amides is 1. The molecule has 1 fully saturated rings. The number of carbonyl (C=O) groups excluding carboxylic acids is 1. The van der Waals surface area contributed by atoms with Gasteiger partial charge in [-0.1, -0.05) is 31.0 Å². The summed E-state index contributed by atoms with van der Waals surface area (Å²) in [7, 11) is 0. The second-order valence-corrected chi connectivity index (χ2v) is 5.70. The maximum absolute atomic E-state index is 12.1. The van der Waals surface area contributed by atoms with Gasteiger partial charge in [-0.2, -0.15) is 5.10 Å². The Bertz CT molecular complexity index is 645. The number of rotatable bonds is 5. The molecule has 0 bridgehead atoms. The normalized spacial score (nSPS) is 15.0. The molecular weight excluding hydrogens is 278 g/mol. The molecule has 1 aliphatic carbocycles. The first-order valence-electron chi connectivity index (χ1n) is 7.76. The molecule has 0 radical (unpaired) electrons. The number of carbonyl (C=O) groups is 1. The average molecular weight is 299 g/mol. The highest BCUT2D eigenvalue weighted by Crippen LogP contribution is 2.31. The Morgan fingerprint density at radius 1 is 1.32 bits per heavy atom. The third kappa shape index (κ3) is 3.30. The molecule has 5 nitrogen and oxygen atoms in total. The van der Waals surface area contributed by atoms with Crippen molar-refractivity contribution in [1.29, 1.82) is 0 Å². The van der Waals surface area contributed by atoms with Gasteiger partial charge >= 0.3 is 0 Å².